The highest BCUT2D eigenvalue weighted by Crippen LogP contribution is 2.17. The molecule has 90 valence electrons. The summed E-state index contributed by atoms with van der Waals surface area (Å²) in [5.74, 6) is 0.288. The van der Waals surface area contributed by atoms with E-state index < -0.39 is 0 Å². The van der Waals surface area contributed by atoms with Gasteiger partial charge >= 0.3 is 0 Å². The number of hydrogen-bond donors (Lipinski definition) is 2. The third kappa shape index (κ3) is 3.04. The van der Waals surface area contributed by atoms with Crippen molar-refractivity contribution >= 4 is 0 Å². The number of rotatable bonds is 4. The van der Waals surface area contributed by atoms with E-state index in [1.54, 1.807) is 16.8 Å². The largest absolute Gasteiger partial charge is 0.508 e. The van der Waals surface area contributed by atoms with Crippen LogP contribution in [-0.2, 0) is 13.6 Å². The second-order valence-corrected chi connectivity index (χ2v) is 4.08. The number of phenolic OH excluding ortho intramolecular Hbond substituents is 1. The Hall–Kier alpha value is -1.88. The Balaban J connectivity index is 1.95. The number of aryl methyl sites for hydroxylation is 1. The molecule has 0 saturated carbocycles. The second-order valence-electron chi connectivity index (χ2n) is 4.08. The van der Waals surface area contributed by atoms with Crippen LogP contribution in [0.15, 0.2) is 30.5 Å². The van der Waals surface area contributed by atoms with E-state index in [9.17, 15) is 5.11 Å². The van der Waals surface area contributed by atoms with Gasteiger partial charge in [0.05, 0.1) is 5.69 Å². The molecule has 0 aliphatic carbocycles. The molecule has 0 amide bonds. The van der Waals surface area contributed by atoms with Crippen molar-refractivity contribution in [2.24, 2.45) is 7.05 Å². The molecule has 5 nitrogen and oxygen atoms in total. The predicted molar refractivity (Wildman–Crippen MR) is 64.4 cm³/mol. The third-order valence-corrected chi connectivity index (χ3v) is 2.61. The molecule has 1 unspecified atom stereocenters. The van der Waals surface area contributed by atoms with E-state index in [1.165, 1.54) is 0 Å². The van der Waals surface area contributed by atoms with Crippen LogP contribution in [0.25, 0.3) is 0 Å². The fourth-order valence-electron chi connectivity index (χ4n) is 1.65. The minimum atomic E-state index is 0.157. The quantitative estimate of drug-likeness (QED) is 0.835. The molecule has 1 heterocycles. The van der Waals surface area contributed by atoms with Gasteiger partial charge in [-0.1, -0.05) is 17.3 Å². The Kier molecular flexibility index (Phi) is 3.39. The minimum Gasteiger partial charge on any atom is -0.508 e. The Bertz CT molecular complexity index is 495. The summed E-state index contributed by atoms with van der Waals surface area (Å²) in [4.78, 5) is 0. The van der Waals surface area contributed by atoms with Crippen LogP contribution in [-0.4, -0.2) is 20.1 Å². The van der Waals surface area contributed by atoms with Gasteiger partial charge in [0.1, 0.15) is 5.75 Å². The molecule has 0 bridgehead atoms. The average Bonchev–Trinajstić information content (AvgIpc) is 2.72. The molecule has 2 aromatic rings. The summed E-state index contributed by atoms with van der Waals surface area (Å²) in [7, 11) is 1.84. The topological polar surface area (TPSA) is 63.0 Å². The van der Waals surface area contributed by atoms with Gasteiger partial charge in [-0.05, 0) is 24.6 Å². The molecular formula is C12H16N4O. The van der Waals surface area contributed by atoms with Gasteiger partial charge in [-0.2, -0.15) is 0 Å². The van der Waals surface area contributed by atoms with Gasteiger partial charge in [0, 0.05) is 25.8 Å². The molecule has 2 N–H and O–H groups in total. The Morgan fingerprint density at radius 3 is 2.94 bits per heavy atom. The summed E-state index contributed by atoms with van der Waals surface area (Å²) >= 11 is 0. The summed E-state index contributed by atoms with van der Waals surface area (Å²) in [6.45, 7) is 2.70. The molecule has 0 radical (unpaired) electrons. The first-order chi connectivity index (χ1) is 8.15. The zero-order valence-electron chi connectivity index (χ0n) is 9.96. The standard InChI is InChI=1S/C12H16N4O/c1-9(10-4-3-5-12(17)6-10)13-7-11-8-16(2)15-14-11/h3-6,8-9,13,17H,7H2,1-2H3. The Morgan fingerprint density at radius 2 is 2.29 bits per heavy atom. The van der Waals surface area contributed by atoms with Crippen LogP contribution in [0.4, 0.5) is 0 Å². The van der Waals surface area contributed by atoms with Crippen molar-refractivity contribution in [3.8, 4) is 5.75 Å². The van der Waals surface area contributed by atoms with Crippen molar-refractivity contribution in [1.82, 2.24) is 20.3 Å². The molecular weight excluding hydrogens is 216 g/mol. The number of aromatic hydroxyl groups is 1. The van der Waals surface area contributed by atoms with Crippen molar-refractivity contribution in [1.29, 1.82) is 0 Å². The van der Waals surface area contributed by atoms with Gasteiger partial charge in [-0.3, -0.25) is 4.68 Å². The molecule has 1 aromatic carbocycles. The SMILES string of the molecule is CC(NCc1cn(C)nn1)c1cccc(O)c1. The van der Waals surface area contributed by atoms with Gasteiger partial charge in [-0.25, -0.2) is 0 Å². The fourth-order valence-corrected chi connectivity index (χ4v) is 1.65. The maximum Gasteiger partial charge on any atom is 0.115 e. The lowest BCUT2D eigenvalue weighted by Crippen LogP contribution is -2.18. The van der Waals surface area contributed by atoms with Crippen LogP contribution in [0, 0.1) is 0 Å². The minimum absolute atomic E-state index is 0.157. The maximum atomic E-state index is 9.40. The van der Waals surface area contributed by atoms with E-state index in [0.717, 1.165) is 11.3 Å². The molecule has 1 atom stereocenters. The van der Waals surface area contributed by atoms with Crippen LogP contribution in [0.3, 0.4) is 0 Å². The average molecular weight is 232 g/mol. The summed E-state index contributed by atoms with van der Waals surface area (Å²) in [6, 6.07) is 7.40. The van der Waals surface area contributed by atoms with Gasteiger partial charge in [0.25, 0.3) is 0 Å². The molecule has 17 heavy (non-hydrogen) atoms. The molecule has 2 rings (SSSR count). The lowest BCUT2D eigenvalue weighted by Gasteiger charge is -2.13. The molecule has 0 fully saturated rings. The van der Waals surface area contributed by atoms with Crippen LogP contribution in [0.5, 0.6) is 5.75 Å². The highest BCUT2D eigenvalue weighted by atomic mass is 16.3. The first-order valence-electron chi connectivity index (χ1n) is 5.52. The summed E-state index contributed by atoms with van der Waals surface area (Å²) in [5.41, 5.74) is 1.95. The van der Waals surface area contributed by atoms with Crippen LogP contribution < -0.4 is 5.32 Å². The van der Waals surface area contributed by atoms with Gasteiger partial charge in [0.2, 0.25) is 0 Å². The molecule has 0 spiro atoms. The van der Waals surface area contributed by atoms with E-state index >= 15 is 0 Å². The summed E-state index contributed by atoms with van der Waals surface area (Å²) in [6.07, 6.45) is 1.88. The molecule has 0 aliphatic rings. The first-order valence-corrected chi connectivity index (χ1v) is 5.52. The maximum absolute atomic E-state index is 9.40. The highest BCUT2D eigenvalue weighted by molar-refractivity contribution is 5.29. The van der Waals surface area contributed by atoms with Crippen LogP contribution >= 0.6 is 0 Å². The Labute approximate surface area is 100 Å². The normalized spacial score (nSPS) is 12.6. The molecule has 0 saturated heterocycles. The zero-order valence-corrected chi connectivity index (χ0v) is 9.96. The number of phenols is 1. The lowest BCUT2D eigenvalue weighted by molar-refractivity contribution is 0.472. The van der Waals surface area contributed by atoms with Crippen molar-refractivity contribution in [3.63, 3.8) is 0 Å². The highest BCUT2D eigenvalue weighted by Gasteiger charge is 2.06. The molecule has 0 aliphatic heterocycles. The number of hydrogen-bond acceptors (Lipinski definition) is 4. The smallest absolute Gasteiger partial charge is 0.115 e. The van der Waals surface area contributed by atoms with Crippen molar-refractivity contribution in [3.05, 3.63) is 41.7 Å². The van der Waals surface area contributed by atoms with Gasteiger partial charge in [0.15, 0.2) is 0 Å². The number of benzene rings is 1. The van der Waals surface area contributed by atoms with Gasteiger partial charge in [-0.15, -0.1) is 5.10 Å². The number of nitrogens with one attached hydrogen (secondary N) is 1. The second kappa shape index (κ2) is 4.97. The predicted octanol–water partition coefficient (Wildman–Crippen LogP) is 1.37. The zero-order chi connectivity index (χ0) is 12.3. The van der Waals surface area contributed by atoms with Crippen molar-refractivity contribution < 1.29 is 5.11 Å². The third-order valence-electron chi connectivity index (χ3n) is 2.61. The molecule has 5 heteroatoms. The molecule has 1 aromatic heterocycles. The Morgan fingerprint density at radius 1 is 1.47 bits per heavy atom. The first kappa shape index (κ1) is 11.6. The van der Waals surface area contributed by atoms with Crippen LogP contribution in [0.1, 0.15) is 24.2 Å². The van der Waals surface area contributed by atoms with E-state index in [2.05, 4.69) is 15.6 Å². The number of nitrogens with zero attached hydrogens (tertiary/aromatic N) is 3. The van der Waals surface area contributed by atoms with Gasteiger partial charge < -0.3 is 10.4 Å². The van der Waals surface area contributed by atoms with E-state index in [-0.39, 0.29) is 11.8 Å². The van der Waals surface area contributed by atoms with E-state index in [4.69, 9.17) is 0 Å². The van der Waals surface area contributed by atoms with E-state index in [1.807, 2.05) is 32.3 Å². The monoisotopic (exact) mass is 232 g/mol. The van der Waals surface area contributed by atoms with Crippen molar-refractivity contribution in [2.45, 2.75) is 19.5 Å². The van der Waals surface area contributed by atoms with Crippen LogP contribution in [0.2, 0.25) is 0 Å². The van der Waals surface area contributed by atoms with Crippen molar-refractivity contribution in [2.75, 3.05) is 0 Å². The summed E-state index contributed by atoms with van der Waals surface area (Å²) in [5, 5.41) is 20.6. The fraction of sp³-hybridized carbons (Fsp3) is 0.333. The number of aromatic nitrogens is 3. The van der Waals surface area contributed by atoms with E-state index in [0.29, 0.717) is 6.54 Å². The summed E-state index contributed by atoms with van der Waals surface area (Å²) < 4.78 is 1.68. The lowest BCUT2D eigenvalue weighted by atomic mass is 10.1.